The van der Waals surface area contributed by atoms with Crippen molar-refractivity contribution in [3.63, 3.8) is 0 Å². The Hall–Kier alpha value is -2.20. The van der Waals surface area contributed by atoms with Crippen LogP contribution in [0.5, 0.6) is 0 Å². The Morgan fingerprint density at radius 1 is 1.15 bits per heavy atom. The molecule has 4 heteroatoms. The summed E-state index contributed by atoms with van der Waals surface area (Å²) in [5, 5.41) is 3.45. The predicted molar refractivity (Wildman–Crippen MR) is 105 cm³/mol. The highest BCUT2D eigenvalue weighted by Crippen LogP contribution is 2.23. The number of carbonyl (C=O) groups excluding carboxylic acids is 1. The van der Waals surface area contributed by atoms with E-state index in [-0.39, 0.29) is 11.8 Å². The number of nitrogens with zero attached hydrogens (tertiary/aromatic N) is 2. The molecule has 1 aromatic carbocycles. The molecule has 0 radical (unpaired) electrons. The van der Waals surface area contributed by atoms with Crippen LogP contribution in [0.3, 0.4) is 0 Å². The Labute approximate surface area is 156 Å². The lowest BCUT2D eigenvalue weighted by molar-refractivity contribution is -0.135. The van der Waals surface area contributed by atoms with Crippen LogP contribution in [-0.2, 0) is 11.3 Å². The third-order valence-electron chi connectivity index (χ3n) is 5.21. The van der Waals surface area contributed by atoms with E-state index in [2.05, 4.69) is 34.3 Å². The van der Waals surface area contributed by atoms with Crippen LogP contribution in [-0.4, -0.2) is 34.9 Å². The molecule has 2 heterocycles. The summed E-state index contributed by atoms with van der Waals surface area (Å²) in [5.74, 6) is 0.456. The molecule has 3 rings (SSSR count). The van der Waals surface area contributed by atoms with Crippen LogP contribution in [0.25, 0.3) is 0 Å². The predicted octanol–water partition coefficient (Wildman–Crippen LogP) is 3.75. The molecule has 2 aromatic rings. The van der Waals surface area contributed by atoms with Crippen molar-refractivity contribution in [3.05, 3.63) is 66.0 Å². The minimum absolute atomic E-state index is 0.221. The van der Waals surface area contributed by atoms with Gasteiger partial charge in [-0.15, -0.1) is 0 Å². The van der Waals surface area contributed by atoms with Crippen LogP contribution in [0.4, 0.5) is 0 Å². The van der Waals surface area contributed by atoms with E-state index in [1.807, 2.05) is 36.4 Å². The topological polar surface area (TPSA) is 45.2 Å². The maximum absolute atomic E-state index is 13.2. The molecule has 1 amide bonds. The van der Waals surface area contributed by atoms with Crippen molar-refractivity contribution in [2.45, 2.75) is 51.1 Å². The molecule has 1 aliphatic heterocycles. The number of carbonyl (C=O) groups is 1. The molecule has 1 aliphatic rings. The lowest BCUT2D eigenvalue weighted by atomic mass is 9.96. The number of rotatable bonds is 6. The Balaban J connectivity index is 1.73. The van der Waals surface area contributed by atoms with Crippen molar-refractivity contribution >= 4 is 5.91 Å². The third-order valence-corrected chi connectivity index (χ3v) is 5.21. The van der Waals surface area contributed by atoms with E-state index in [0.29, 0.717) is 19.0 Å². The van der Waals surface area contributed by atoms with Crippen molar-refractivity contribution in [1.82, 2.24) is 15.2 Å². The molecule has 0 bridgehead atoms. The first kappa shape index (κ1) is 18.6. The van der Waals surface area contributed by atoms with Crippen molar-refractivity contribution in [2.24, 2.45) is 0 Å². The van der Waals surface area contributed by atoms with Gasteiger partial charge in [0.05, 0.1) is 12.2 Å². The maximum Gasteiger partial charge on any atom is 0.223 e. The van der Waals surface area contributed by atoms with Gasteiger partial charge in [0.1, 0.15) is 0 Å². The van der Waals surface area contributed by atoms with Crippen LogP contribution in [0, 0.1) is 0 Å². The molecule has 138 valence electrons. The van der Waals surface area contributed by atoms with Gasteiger partial charge in [-0.1, -0.05) is 43.3 Å². The Morgan fingerprint density at radius 2 is 1.96 bits per heavy atom. The Bertz CT molecular complexity index is 666. The molecule has 0 aliphatic carbocycles. The molecule has 0 spiro atoms. The zero-order valence-corrected chi connectivity index (χ0v) is 15.6. The average Bonchev–Trinajstić information content (AvgIpc) is 2.97. The molecule has 1 aromatic heterocycles. The SMILES string of the molecule is CC(CC(=O)N(Cc1ccccn1)C1CCCNCC1)c1ccccc1. The van der Waals surface area contributed by atoms with Crippen LogP contribution in [0.1, 0.15) is 49.8 Å². The molecular formula is C22H29N3O. The zero-order valence-electron chi connectivity index (χ0n) is 15.6. The van der Waals surface area contributed by atoms with E-state index in [1.54, 1.807) is 6.20 Å². The van der Waals surface area contributed by atoms with Crippen molar-refractivity contribution in [1.29, 1.82) is 0 Å². The summed E-state index contributed by atoms with van der Waals surface area (Å²) in [5.41, 5.74) is 2.19. The van der Waals surface area contributed by atoms with Crippen molar-refractivity contribution in [2.75, 3.05) is 13.1 Å². The number of hydrogen-bond acceptors (Lipinski definition) is 3. The molecule has 2 atom stereocenters. The summed E-state index contributed by atoms with van der Waals surface area (Å²) < 4.78 is 0. The summed E-state index contributed by atoms with van der Waals surface area (Å²) in [7, 11) is 0. The second-order valence-electron chi connectivity index (χ2n) is 7.19. The minimum atomic E-state index is 0.221. The highest BCUT2D eigenvalue weighted by Gasteiger charge is 2.26. The first-order valence-electron chi connectivity index (χ1n) is 9.69. The Kier molecular flexibility index (Phi) is 6.78. The molecule has 1 saturated heterocycles. The summed E-state index contributed by atoms with van der Waals surface area (Å²) >= 11 is 0. The van der Waals surface area contributed by atoms with E-state index in [0.717, 1.165) is 38.0 Å². The van der Waals surface area contributed by atoms with E-state index in [1.165, 1.54) is 5.56 Å². The number of pyridine rings is 1. The smallest absolute Gasteiger partial charge is 0.223 e. The number of nitrogens with one attached hydrogen (secondary N) is 1. The summed E-state index contributed by atoms with van der Waals surface area (Å²) in [6, 6.07) is 16.5. The first-order valence-corrected chi connectivity index (χ1v) is 9.69. The maximum atomic E-state index is 13.2. The molecular weight excluding hydrogens is 322 g/mol. The Morgan fingerprint density at radius 3 is 2.73 bits per heavy atom. The van der Waals surface area contributed by atoms with Crippen LogP contribution in [0.15, 0.2) is 54.7 Å². The van der Waals surface area contributed by atoms with Gasteiger partial charge in [-0.25, -0.2) is 0 Å². The van der Waals surface area contributed by atoms with Gasteiger partial charge >= 0.3 is 0 Å². The highest BCUT2D eigenvalue weighted by molar-refractivity contribution is 5.77. The highest BCUT2D eigenvalue weighted by atomic mass is 16.2. The number of hydrogen-bond donors (Lipinski definition) is 1. The van der Waals surface area contributed by atoms with Gasteiger partial charge in [-0.2, -0.15) is 0 Å². The van der Waals surface area contributed by atoms with Gasteiger partial charge < -0.3 is 10.2 Å². The molecule has 0 saturated carbocycles. The summed E-state index contributed by atoms with van der Waals surface area (Å²) in [6.07, 6.45) is 5.54. The largest absolute Gasteiger partial charge is 0.334 e. The average molecular weight is 351 g/mol. The van der Waals surface area contributed by atoms with Crippen LogP contribution < -0.4 is 5.32 Å². The van der Waals surface area contributed by atoms with Gasteiger partial charge in [0, 0.05) is 18.7 Å². The first-order chi connectivity index (χ1) is 12.7. The minimum Gasteiger partial charge on any atom is -0.334 e. The molecule has 4 nitrogen and oxygen atoms in total. The molecule has 1 N–H and O–H groups in total. The van der Waals surface area contributed by atoms with Gasteiger partial charge in [0.15, 0.2) is 0 Å². The number of benzene rings is 1. The van der Waals surface area contributed by atoms with E-state index in [4.69, 9.17) is 0 Å². The fraction of sp³-hybridized carbons (Fsp3) is 0.455. The monoisotopic (exact) mass is 351 g/mol. The fourth-order valence-electron chi connectivity index (χ4n) is 3.68. The standard InChI is InChI=1S/C22H29N3O/c1-18(19-8-3-2-4-9-19)16-22(26)25(17-20-10-5-6-14-24-20)21-11-7-13-23-15-12-21/h2-6,8-10,14,18,21,23H,7,11-13,15-17H2,1H3. The van der Waals surface area contributed by atoms with E-state index < -0.39 is 0 Å². The lowest BCUT2D eigenvalue weighted by Crippen LogP contribution is -2.41. The fourth-order valence-corrected chi connectivity index (χ4v) is 3.68. The zero-order chi connectivity index (χ0) is 18.2. The molecule has 26 heavy (non-hydrogen) atoms. The van der Waals surface area contributed by atoms with Crippen molar-refractivity contribution in [3.8, 4) is 0 Å². The van der Waals surface area contributed by atoms with E-state index in [9.17, 15) is 4.79 Å². The third kappa shape index (κ3) is 5.15. The van der Waals surface area contributed by atoms with Gasteiger partial charge in [-0.3, -0.25) is 9.78 Å². The van der Waals surface area contributed by atoms with E-state index >= 15 is 0 Å². The van der Waals surface area contributed by atoms with Gasteiger partial charge in [0.2, 0.25) is 5.91 Å². The quantitative estimate of drug-likeness (QED) is 0.862. The summed E-state index contributed by atoms with van der Waals surface area (Å²) in [4.78, 5) is 19.7. The van der Waals surface area contributed by atoms with Crippen LogP contribution >= 0.6 is 0 Å². The molecule has 2 unspecified atom stereocenters. The number of amides is 1. The lowest BCUT2D eigenvalue weighted by Gasteiger charge is -2.32. The normalized spacial score (nSPS) is 18.7. The van der Waals surface area contributed by atoms with Gasteiger partial charge in [-0.05, 0) is 56.0 Å². The van der Waals surface area contributed by atoms with Crippen LogP contribution in [0.2, 0.25) is 0 Å². The van der Waals surface area contributed by atoms with Gasteiger partial charge in [0.25, 0.3) is 0 Å². The number of aromatic nitrogens is 1. The summed E-state index contributed by atoms with van der Waals surface area (Å²) in [6.45, 7) is 4.76. The second kappa shape index (κ2) is 9.48. The second-order valence-corrected chi connectivity index (χ2v) is 7.19. The molecule has 1 fully saturated rings. The van der Waals surface area contributed by atoms with Crippen molar-refractivity contribution < 1.29 is 4.79 Å².